The number of carbonyl (C=O) groups is 9. The smallest absolute Gasteiger partial charge is 0.334 e. The van der Waals surface area contributed by atoms with E-state index in [1.807, 2.05) is 6.92 Å². The number of primary amides is 2. The van der Waals surface area contributed by atoms with Crippen LogP contribution in [-0.2, 0) is 57.4 Å². The van der Waals surface area contributed by atoms with Crippen LogP contribution in [0.4, 0.5) is 0 Å². The number of carbonyl (C=O) groups excluding carboxylic acids is 6. The summed E-state index contributed by atoms with van der Waals surface area (Å²) < 4.78 is 14.1. The average Bonchev–Trinajstić information content (AvgIpc) is 3.08. The Labute approximate surface area is 324 Å². The molecule has 0 aromatic rings. The predicted molar refractivity (Wildman–Crippen MR) is 198 cm³/mol. The van der Waals surface area contributed by atoms with Crippen LogP contribution in [-0.4, -0.2) is 123 Å². The van der Waals surface area contributed by atoms with Crippen LogP contribution in [0.1, 0.15) is 74.7 Å². The van der Waals surface area contributed by atoms with Crippen molar-refractivity contribution in [1.82, 2.24) is 0 Å². The number of ether oxygens (including phenoxy) is 3. The Kier molecular flexibility index (Phi) is 30.4. The van der Waals surface area contributed by atoms with Crippen molar-refractivity contribution in [2.45, 2.75) is 129 Å². The highest BCUT2D eigenvalue weighted by molar-refractivity contribution is 5.91. The van der Waals surface area contributed by atoms with Crippen LogP contribution in [0.5, 0.6) is 0 Å². The molecule has 0 rings (SSSR count). The summed E-state index contributed by atoms with van der Waals surface area (Å²) in [6.45, 7) is 13.3. The summed E-state index contributed by atoms with van der Waals surface area (Å²) in [6.07, 6.45) is -2.32. The van der Waals surface area contributed by atoms with Crippen LogP contribution >= 0.6 is 0 Å². The second-order valence-corrected chi connectivity index (χ2v) is 13.1. The quantitative estimate of drug-likeness (QED) is 0.0332. The molecule has 21 N–H and O–H groups in total. The Morgan fingerprint density at radius 3 is 0.982 bits per heavy atom. The van der Waals surface area contributed by atoms with Crippen molar-refractivity contribution in [3.63, 3.8) is 0 Å². The third kappa shape index (κ3) is 26.8. The van der Waals surface area contributed by atoms with E-state index in [2.05, 4.69) is 9.47 Å². The fraction of sp³-hybridized carbons (Fsp3) is 0.719. The minimum absolute atomic E-state index is 0.0208. The first-order chi connectivity index (χ1) is 25.4. The average molecular weight is 814 g/mol. The van der Waals surface area contributed by atoms with E-state index in [-0.39, 0.29) is 24.2 Å². The summed E-state index contributed by atoms with van der Waals surface area (Å²) in [6, 6.07) is -7.62. The van der Waals surface area contributed by atoms with E-state index in [0.29, 0.717) is 6.42 Å². The topological polar surface area (TPSA) is 476 Å². The molecule has 0 saturated carbocycles. The standard InChI is InChI=1S/C14H26N4O6.C8H15N3O5.2C5H11NO2/c1-4-6(2)10(17)13(21)24-14(22)11(18)7(3)23-12(20)8(15)5-9(16)19;1-3(6(11)7(13)14)16-8(15)4(9)2-5(10)12;2*1-3(2)4(6)5(7)8/h6-8,10-11H,4-5,15,17-18H2,1-3H3,(H2,16,19);3-4,6H,2,9,11H2,1H3,(H2,10,12)(H,13,14);2*3-4H,6H2,1-2H3,(H,7,8)/t6-,7+,8-,10-,11-;3-,4+,6+;2*4-/m0100/s1. The van der Waals surface area contributed by atoms with Crippen molar-refractivity contribution in [2.24, 2.45) is 69.4 Å². The summed E-state index contributed by atoms with van der Waals surface area (Å²) in [5, 5.41) is 25.0. The molecule has 0 saturated heterocycles. The van der Waals surface area contributed by atoms with E-state index in [0.717, 1.165) is 0 Å². The van der Waals surface area contributed by atoms with E-state index in [4.69, 9.17) is 71.7 Å². The fourth-order valence-corrected chi connectivity index (χ4v) is 2.97. The van der Waals surface area contributed by atoms with Gasteiger partial charge in [-0.15, -0.1) is 0 Å². The summed E-state index contributed by atoms with van der Waals surface area (Å²) >= 11 is 0. The Morgan fingerprint density at radius 2 is 0.750 bits per heavy atom. The van der Waals surface area contributed by atoms with Crippen LogP contribution in [0.25, 0.3) is 0 Å². The molecule has 0 aromatic carbocycles. The maximum atomic E-state index is 11.8. The van der Waals surface area contributed by atoms with Crippen molar-refractivity contribution < 1.29 is 72.7 Å². The minimum atomic E-state index is -1.41. The molecule has 0 bridgehead atoms. The van der Waals surface area contributed by atoms with Gasteiger partial charge >= 0.3 is 41.8 Å². The molecule has 0 radical (unpaired) electrons. The number of aliphatic carboxylic acids is 3. The SMILES string of the molecule is CC(C)[C@H](N)C(=O)O.CC(C)[C@H](N)C(=O)O.CC[C@H](C)[C@H](N)C(=O)OC(=O)[C@@H](N)[C@@H](C)OC(=O)[C@@H](N)CC(N)=O.C[C@@H](OC(=O)[C@@H](N)CC(N)=O)[C@H](N)C(=O)O. The van der Waals surface area contributed by atoms with E-state index in [1.165, 1.54) is 13.8 Å². The summed E-state index contributed by atoms with van der Waals surface area (Å²) in [7, 11) is 0. The van der Waals surface area contributed by atoms with Gasteiger partial charge in [-0.05, 0) is 31.6 Å². The van der Waals surface area contributed by atoms with Gasteiger partial charge in [0.15, 0.2) is 0 Å². The zero-order valence-electron chi connectivity index (χ0n) is 33.0. The predicted octanol–water partition coefficient (Wildman–Crippen LogP) is -4.47. The maximum Gasteiger partial charge on any atom is 0.334 e. The van der Waals surface area contributed by atoms with Crippen LogP contribution in [0, 0.1) is 17.8 Å². The van der Waals surface area contributed by atoms with Crippen molar-refractivity contribution in [3.8, 4) is 0 Å². The van der Waals surface area contributed by atoms with E-state index in [1.54, 1.807) is 34.6 Å². The van der Waals surface area contributed by atoms with E-state index in [9.17, 15) is 43.2 Å². The van der Waals surface area contributed by atoms with E-state index >= 15 is 0 Å². The van der Waals surface area contributed by atoms with Gasteiger partial charge in [0.25, 0.3) is 0 Å². The van der Waals surface area contributed by atoms with Gasteiger partial charge in [-0.25, -0.2) is 9.59 Å². The molecule has 326 valence electrons. The zero-order chi connectivity index (χ0) is 45.4. The Hall–Kier alpha value is -4.85. The largest absolute Gasteiger partial charge is 0.480 e. The first kappa shape index (κ1) is 57.9. The Balaban J connectivity index is -0.000000360. The second-order valence-electron chi connectivity index (χ2n) is 13.1. The number of nitrogens with two attached hydrogens (primary N) is 9. The third-order valence-corrected chi connectivity index (χ3v) is 7.36. The van der Waals surface area contributed by atoms with Gasteiger partial charge in [-0.1, -0.05) is 48.0 Å². The van der Waals surface area contributed by atoms with Crippen molar-refractivity contribution >= 4 is 53.6 Å². The maximum absolute atomic E-state index is 11.8. The van der Waals surface area contributed by atoms with Gasteiger partial charge < -0.3 is 81.1 Å². The molecular weight excluding hydrogens is 750 g/mol. The van der Waals surface area contributed by atoms with Crippen LogP contribution < -0.4 is 51.6 Å². The number of rotatable bonds is 19. The number of amides is 2. The molecule has 0 aromatic heterocycles. The lowest BCUT2D eigenvalue weighted by atomic mass is 10.0. The lowest BCUT2D eigenvalue weighted by Crippen LogP contribution is -2.48. The first-order valence-corrected chi connectivity index (χ1v) is 17.1. The Morgan fingerprint density at radius 1 is 0.464 bits per heavy atom. The number of carboxylic acids is 3. The first-order valence-electron chi connectivity index (χ1n) is 17.1. The number of carboxylic acid groups (broad SMARTS) is 3. The summed E-state index contributed by atoms with van der Waals surface area (Å²) in [5.74, 6) is -8.68. The monoisotopic (exact) mass is 813 g/mol. The molecule has 2 amide bonds. The van der Waals surface area contributed by atoms with Crippen LogP contribution in [0.15, 0.2) is 0 Å². The third-order valence-electron chi connectivity index (χ3n) is 7.36. The Bertz CT molecular complexity index is 1280. The highest BCUT2D eigenvalue weighted by Gasteiger charge is 2.32. The molecule has 10 atom stereocenters. The van der Waals surface area contributed by atoms with Gasteiger partial charge in [-0.3, -0.25) is 33.6 Å². The van der Waals surface area contributed by atoms with Gasteiger partial charge in [0.05, 0.1) is 12.8 Å². The molecule has 24 nitrogen and oxygen atoms in total. The minimum Gasteiger partial charge on any atom is -0.480 e. The molecule has 24 heteroatoms. The van der Waals surface area contributed by atoms with Gasteiger partial charge in [0, 0.05) is 0 Å². The molecule has 0 unspecified atom stereocenters. The summed E-state index contributed by atoms with van der Waals surface area (Å²) in [5.41, 5.74) is 47.2. The second kappa shape index (κ2) is 29.4. The molecule has 0 aliphatic carbocycles. The number of hydrogen-bond donors (Lipinski definition) is 12. The molecular formula is C32H63N9O15. The van der Waals surface area contributed by atoms with E-state index < -0.39 is 115 Å². The number of hydrogen-bond acceptors (Lipinski definition) is 19. The highest BCUT2D eigenvalue weighted by Crippen LogP contribution is 2.09. The molecule has 0 spiro atoms. The van der Waals surface area contributed by atoms with Crippen LogP contribution in [0.2, 0.25) is 0 Å². The van der Waals surface area contributed by atoms with Crippen LogP contribution in [0.3, 0.4) is 0 Å². The molecule has 56 heavy (non-hydrogen) atoms. The van der Waals surface area contributed by atoms with Crippen molar-refractivity contribution in [1.29, 1.82) is 0 Å². The van der Waals surface area contributed by atoms with Gasteiger partial charge in [0.1, 0.15) is 54.5 Å². The van der Waals surface area contributed by atoms with Gasteiger partial charge in [-0.2, -0.15) is 0 Å². The highest BCUT2D eigenvalue weighted by atomic mass is 16.6. The molecule has 0 aliphatic heterocycles. The van der Waals surface area contributed by atoms with Crippen molar-refractivity contribution in [3.05, 3.63) is 0 Å². The lowest BCUT2D eigenvalue weighted by Gasteiger charge is -2.21. The van der Waals surface area contributed by atoms with Gasteiger partial charge in [0.2, 0.25) is 11.8 Å². The fourth-order valence-electron chi connectivity index (χ4n) is 2.97. The molecule has 0 heterocycles. The molecule has 0 aliphatic rings. The lowest BCUT2D eigenvalue weighted by molar-refractivity contribution is -0.166. The molecule has 0 fully saturated rings. The van der Waals surface area contributed by atoms with Crippen molar-refractivity contribution in [2.75, 3.05) is 0 Å². The normalized spacial score (nSPS) is 15.9. The number of esters is 4. The zero-order valence-corrected chi connectivity index (χ0v) is 33.0. The summed E-state index contributed by atoms with van der Waals surface area (Å²) in [4.78, 5) is 98.0.